The van der Waals surface area contributed by atoms with Crippen molar-refractivity contribution in [3.8, 4) is 0 Å². The molecule has 24 heavy (non-hydrogen) atoms. The molecule has 1 saturated heterocycles. The minimum Gasteiger partial charge on any atom is -0.388 e. The molecular weight excluding hydrogens is 439 g/mol. The van der Waals surface area contributed by atoms with Crippen LogP contribution in [0.15, 0.2) is 11.2 Å². The molecule has 0 radical (unpaired) electrons. The zero-order valence-corrected chi connectivity index (χ0v) is 17.7. The van der Waals surface area contributed by atoms with Gasteiger partial charge in [-0.15, -0.1) is 35.3 Å². The van der Waals surface area contributed by atoms with Crippen molar-refractivity contribution in [1.29, 1.82) is 0 Å². The van der Waals surface area contributed by atoms with Crippen LogP contribution in [-0.2, 0) is 17.6 Å². The fourth-order valence-corrected chi connectivity index (χ4v) is 3.25. The van der Waals surface area contributed by atoms with Crippen molar-refractivity contribution in [2.75, 3.05) is 32.8 Å². The number of rotatable bonds is 7. The molecular formula is C16H29IN4O2S. The largest absolute Gasteiger partial charge is 0.388 e. The number of aliphatic hydroxyl groups is 1. The molecule has 1 aliphatic heterocycles. The summed E-state index contributed by atoms with van der Waals surface area (Å²) < 4.78 is 5.30. The van der Waals surface area contributed by atoms with Gasteiger partial charge < -0.3 is 20.5 Å². The van der Waals surface area contributed by atoms with Gasteiger partial charge in [-0.3, -0.25) is 4.99 Å². The van der Waals surface area contributed by atoms with Gasteiger partial charge in [-0.25, -0.2) is 4.98 Å². The lowest BCUT2D eigenvalue weighted by molar-refractivity contribution is -0.0565. The summed E-state index contributed by atoms with van der Waals surface area (Å²) in [5, 5.41) is 18.2. The quantitative estimate of drug-likeness (QED) is 0.324. The molecule has 1 fully saturated rings. The van der Waals surface area contributed by atoms with E-state index in [0.29, 0.717) is 32.6 Å². The lowest BCUT2D eigenvalue weighted by atomic mass is 9.95. The number of halogens is 1. The summed E-state index contributed by atoms with van der Waals surface area (Å²) in [6.45, 7) is 7.39. The molecule has 1 aliphatic rings. The predicted molar refractivity (Wildman–Crippen MR) is 110 cm³/mol. The van der Waals surface area contributed by atoms with E-state index in [4.69, 9.17) is 4.74 Å². The second-order valence-corrected chi connectivity index (χ2v) is 6.98. The Morgan fingerprint density at radius 2 is 2.12 bits per heavy atom. The number of aryl methyl sites for hydroxylation is 1. The molecule has 0 spiro atoms. The van der Waals surface area contributed by atoms with Crippen molar-refractivity contribution in [2.45, 2.75) is 45.1 Å². The zero-order valence-electron chi connectivity index (χ0n) is 14.5. The van der Waals surface area contributed by atoms with E-state index in [1.165, 1.54) is 4.88 Å². The second-order valence-electron chi connectivity index (χ2n) is 5.78. The van der Waals surface area contributed by atoms with E-state index >= 15 is 0 Å². The maximum Gasteiger partial charge on any atom is 0.191 e. The molecule has 0 saturated carbocycles. The third kappa shape index (κ3) is 7.20. The van der Waals surface area contributed by atoms with Crippen molar-refractivity contribution >= 4 is 41.3 Å². The van der Waals surface area contributed by atoms with Crippen LogP contribution in [0.2, 0.25) is 0 Å². The predicted octanol–water partition coefficient (Wildman–Crippen LogP) is 1.96. The highest BCUT2D eigenvalue weighted by Gasteiger charge is 2.29. The smallest absolute Gasteiger partial charge is 0.191 e. The SMILES string of the molecule is CCNC(=NCC1(O)CCOCC1)NCCc1ncc(CC)s1.I. The normalized spacial score (nSPS) is 17.2. The highest BCUT2D eigenvalue weighted by atomic mass is 127. The van der Waals surface area contributed by atoms with Crippen molar-refractivity contribution in [2.24, 2.45) is 4.99 Å². The lowest BCUT2D eigenvalue weighted by Crippen LogP contribution is -2.43. The topological polar surface area (TPSA) is 78.8 Å². The van der Waals surface area contributed by atoms with Gasteiger partial charge in [0.2, 0.25) is 0 Å². The summed E-state index contributed by atoms with van der Waals surface area (Å²) in [6, 6.07) is 0. The van der Waals surface area contributed by atoms with Crippen molar-refractivity contribution in [3.05, 3.63) is 16.1 Å². The van der Waals surface area contributed by atoms with Crippen molar-refractivity contribution < 1.29 is 9.84 Å². The number of ether oxygens (including phenoxy) is 1. The van der Waals surface area contributed by atoms with E-state index in [1.807, 2.05) is 13.1 Å². The molecule has 8 heteroatoms. The molecule has 0 atom stereocenters. The van der Waals surface area contributed by atoms with E-state index < -0.39 is 5.60 Å². The summed E-state index contributed by atoms with van der Waals surface area (Å²) in [6.07, 6.45) is 5.17. The fraction of sp³-hybridized carbons (Fsp3) is 0.750. The van der Waals surface area contributed by atoms with Crippen LogP contribution in [-0.4, -0.2) is 54.5 Å². The maximum atomic E-state index is 10.5. The lowest BCUT2D eigenvalue weighted by Gasteiger charge is -2.30. The van der Waals surface area contributed by atoms with Gasteiger partial charge in [-0.1, -0.05) is 6.92 Å². The number of aliphatic imine (C=N–C) groups is 1. The van der Waals surface area contributed by atoms with Gasteiger partial charge in [0.25, 0.3) is 0 Å². The standard InChI is InChI=1S/C16H28N4O2S.HI/c1-3-13-11-19-14(23-13)5-8-18-15(17-4-2)20-12-16(21)6-9-22-10-7-16;/h11,21H,3-10,12H2,1-2H3,(H2,17,18,20);1H. The Balaban J connectivity index is 0.00000288. The summed E-state index contributed by atoms with van der Waals surface area (Å²) in [5.74, 6) is 0.750. The number of hydrogen-bond donors (Lipinski definition) is 3. The van der Waals surface area contributed by atoms with Crippen molar-refractivity contribution in [1.82, 2.24) is 15.6 Å². The summed E-state index contributed by atoms with van der Waals surface area (Å²) in [4.78, 5) is 10.3. The zero-order chi connectivity index (χ0) is 16.5. The van der Waals surface area contributed by atoms with Gasteiger partial charge >= 0.3 is 0 Å². The average Bonchev–Trinajstić information content (AvgIpc) is 3.01. The van der Waals surface area contributed by atoms with Gasteiger partial charge in [0, 0.05) is 56.6 Å². The minimum absolute atomic E-state index is 0. The van der Waals surface area contributed by atoms with E-state index in [9.17, 15) is 5.11 Å². The highest BCUT2D eigenvalue weighted by molar-refractivity contribution is 14.0. The summed E-state index contributed by atoms with van der Waals surface area (Å²) in [7, 11) is 0. The monoisotopic (exact) mass is 468 g/mol. The van der Waals surface area contributed by atoms with Crippen LogP contribution >= 0.6 is 35.3 Å². The summed E-state index contributed by atoms with van der Waals surface area (Å²) in [5.41, 5.74) is -0.730. The Kier molecular flexibility index (Phi) is 10.1. The molecule has 0 aliphatic carbocycles. The van der Waals surface area contributed by atoms with E-state index in [2.05, 4.69) is 27.5 Å². The molecule has 1 aromatic heterocycles. The molecule has 0 unspecified atom stereocenters. The number of guanidine groups is 1. The van der Waals surface area contributed by atoms with Gasteiger partial charge in [0.1, 0.15) is 0 Å². The van der Waals surface area contributed by atoms with Crippen LogP contribution in [0.25, 0.3) is 0 Å². The number of hydrogen-bond acceptors (Lipinski definition) is 5. The maximum absolute atomic E-state index is 10.5. The van der Waals surface area contributed by atoms with Crippen molar-refractivity contribution in [3.63, 3.8) is 0 Å². The molecule has 0 amide bonds. The molecule has 3 N–H and O–H groups in total. The first-order valence-corrected chi connectivity index (χ1v) is 9.23. The fourth-order valence-electron chi connectivity index (χ4n) is 2.39. The first kappa shape index (κ1) is 21.6. The number of thiazole rings is 1. The molecule has 2 rings (SSSR count). The first-order chi connectivity index (χ1) is 11.1. The van der Waals surface area contributed by atoms with E-state index in [-0.39, 0.29) is 24.0 Å². The second kappa shape index (κ2) is 11.2. The molecule has 6 nitrogen and oxygen atoms in total. The Hall–Kier alpha value is -0.450. The van der Waals surface area contributed by atoms with Gasteiger partial charge in [0.05, 0.1) is 17.2 Å². The van der Waals surface area contributed by atoms with Crippen LogP contribution in [0.3, 0.4) is 0 Å². The van der Waals surface area contributed by atoms with Gasteiger partial charge in [-0.2, -0.15) is 0 Å². The molecule has 138 valence electrons. The Morgan fingerprint density at radius 3 is 2.75 bits per heavy atom. The Labute approximate surface area is 165 Å². The number of aromatic nitrogens is 1. The van der Waals surface area contributed by atoms with Crippen LogP contribution < -0.4 is 10.6 Å². The number of nitrogens with one attached hydrogen (secondary N) is 2. The minimum atomic E-state index is -0.730. The van der Waals surface area contributed by atoms with Gasteiger partial charge in [-0.05, 0) is 13.3 Å². The van der Waals surface area contributed by atoms with Crippen LogP contribution in [0.4, 0.5) is 0 Å². The molecule has 0 aromatic carbocycles. The Bertz CT molecular complexity index is 504. The van der Waals surface area contributed by atoms with E-state index in [0.717, 1.165) is 36.9 Å². The van der Waals surface area contributed by atoms with E-state index in [1.54, 1.807) is 11.3 Å². The van der Waals surface area contributed by atoms with Crippen LogP contribution in [0.5, 0.6) is 0 Å². The highest BCUT2D eigenvalue weighted by Crippen LogP contribution is 2.20. The third-order valence-electron chi connectivity index (χ3n) is 3.88. The summed E-state index contributed by atoms with van der Waals surface area (Å²) >= 11 is 1.77. The van der Waals surface area contributed by atoms with Gasteiger partial charge in [0.15, 0.2) is 5.96 Å². The van der Waals surface area contributed by atoms with Crippen LogP contribution in [0.1, 0.15) is 36.6 Å². The number of nitrogens with zero attached hydrogens (tertiary/aromatic N) is 2. The average molecular weight is 468 g/mol. The molecule has 2 heterocycles. The first-order valence-electron chi connectivity index (χ1n) is 8.41. The molecule has 0 bridgehead atoms. The van der Waals surface area contributed by atoms with Crippen LogP contribution in [0, 0.1) is 0 Å². The third-order valence-corrected chi connectivity index (χ3v) is 5.08. The Morgan fingerprint density at radius 1 is 1.38 bits per heavy atom. The molecule has 1 aromatic rings.